The van der Waals surface area contributed by atoms with Gasteiger partial charge in [0, 0.05) is 4.62 Å². The highest BCUT2D eigenvalue weighted by atomic mass is 27.1. The van der Waals surface area contributed by atoms with Gasteiger partial charge in [-0.15, -0.1) is 0 Å². The Labute approximate surface area is 79.4 Å². The van der Waals surface area contributed by atoms with Gasteiger partial charge >= 0.3 is 32.8 Å². The molecule has 0 bridgehead atoms. The van der Waals surface area contributed by atoms with Gasteiger partial charge in [0.2, 0.25) is 0 Å². The Kier molecular flexibility index (Phi) is 2.59. The molecular weight excluding hydrogens is 176 g/mol. The molecule has 0 fully saturated rings. The summed E-state index contributed by atoms with van der Waals surface area (Å²) in [6.07, 6.45) is 0. The molecule has 1 aromatic heterocycles. The first-order valence-corrected chi connectivity index (χ1v) is 5.10. The molecule has 5 nitrogen and oxygen atoms in total. The van der Waals surface area contributed by atoms with Crippen LogP contribution < -0.4 is 14.7 Å². The second-order valence-electron chi connectivity index (χ2n) is 2.04. The van der Waals surface area contributed by atoms with E-state index in [-0.39, 0.29) is 5.69 Å². The molecule has 0 radical (unpaired) electrons. The van der Waals surface area contributed by atoms with Crippen molar-refractivity contribution in [2.45, 2.75) is 0 Å². The molecule has 0 spiro atoms. The number of hydrogen-bond acceptors (Lipinski definition) is 4. The topological polar surface area (TPSA) is 81.2 Å². The first kappa shape index (κ1) is 8.64. The molecule has 0 aliphatic rings. The van der Waals surface area contributed by atoms with Crippen molar-refractivity contribution in [1.82, 2.24) is 4.98 Å². The minimum atomic E-state index is -0.526. The minimum absolute atomic E-state index is 0.259. The Morgan fingerprint density at radius 1 is 1.73 bits per heavy atom. The zero-order valence-electron chi connectivity index (χ0n) is 6.34. The smallest absolute Gasteiger partial charge is 0.366 e. The predicted molar refractivity (Wildman–Crippen MR) is 45.4 cm³/mol. The lowest BCUT2D eigenvalue weighted by Gasteiger charge is -1.86. The van der Waals surface area contributed by atoms with Crippen molar-refractivity contribution < 1.29 is 9.21 Å². The first-order valence-electron chi connectivity index (χ1n) is 3.10. The lowest BCUT2D eigenvalue weighted by atomic mass is 10.5. The van der Waals surface area contributed by atoms with E-state index in [0.717, 1.165) is 16.5 Å². The Bertz CT molecular complexity index is 285. The van der Waals surface area contributed by atoms with E-state index in [1.807, 2.05) is 0 Å². The Morgan fingerprint density at radius 3 is 2.64 bits per heavy atom. The van der Waals surface area contributed by atoms with Crippen LogP contribution in [0.3, 0.4) is 0 Å². The zero-order chi connectivity index (χ0) is 8.43. The molecule has 56 valence electrons. The summed E-state index contributed by atoms with van der Waals surface area (Å²) in [4.78, 5) is 14.5. The maximum atomic E-state index is 10.7. The number of rotatable bonds is 2. The van der Waals surface area contributed by atoms with E-state index in [1.165, 1.54) is 0 Å². The molecule has 0 aliphatic carbocycles. The van der Waals surface area contributed by atoms with Crippen molar-refractivity contribution >= 4 is 49.3 Å². The third-order valence-electron chi connectivity index (χ3n) is 1.24. The zero-order valence-corrected chi connectivity index (χ0v) is 10.3. The molecule has 1 heterocycles. The molecule has 1 rings (SSSR count). The van der Waals surface area contributed by atoms with Gasteiger partial charge < -0.3 is 14.5 Å². The second kappa shape index (κ2) is 3.29. The summed E-state index contributed by atoms with van der Waals surface area (Å²) >= 11 is 1.38. The fourth-order valence-corrected chi connectivity index (χ4v) is 1.50. The molecule has 7 heteroatoms. The van der Waals surface area contributed by atoms with E-state index in [9.17, 15) is 4.79 Å². The number of nitrogens with two attached hydrogens (primary N) is 1. The summed E-state index contributed by atoms with van der Waals surface area (Å²) < 4.78 is 8.51. The summed E-state index contributed by atoms with van der Waals surface area (Å²) in [6, 6.07) is 0.399. The Balaban J connectivity index is 3.07. The summed E-state index contributed by atoms with van der Waals surface area (Å²) in [5.74, 6) is -0.526. The highest BCUT2D eigenvalue weighted by molar-refractivity contribution is 6.33. The molecule has 0 aliphatic heterocycles. The van der Waals surface area contributed by atoms with Crippen molar-refractivity contribution in [1.29, 1.82) is 0 Å². The van der Waals surface area contributed by atoms with E-state index >= 15 is 0 Å². The van der Waals surface area contributed by atoms with Crippen LogP contribution in [0.15, 0.2) is 4.42 Å². The van der Waals surface area contributed by atoms with Gasteiger partial charge in [0.25, 0.3) is 11.9 Å². The number of carbonyl (C=O) groups excluding carboxylic acids is 1. The van der Waals surface area contributed by atoms with Crippen LogP contribution in [-0.2, 0) is 0 Å². The maximum Gasteiger partial charge on any atom is 0.366 e. The summed E-state index contributed by atoms with van der Waals surface area (Å²) in [7, 11) is 0. The third kappa shape index (κ3) is 1.77. The molecule has 0 saturated carbocycles. The van der Waals surface area contributed by atoms with Gasteiger partial charge in [-0.3, -0.25) is 4.79 Å². The van der Waals surface area contributed by atoms with Crippen molar-refractivity contribution in [3.63, 3.8) is 0 Å². The standard InChI is InChI=1S/C4H4N3O2.2Al.4H/c5-3(8)2-1-9-4(6)7-2;;;;;;/h(H4,5,6,7,8);;;;;;/q;;+1;;;;/p-1. The van der Waals surface area contributed by atoms with E-state index < -0.39 is 5.91 Å². The van der Waals surface area contributed by atoms with Gasteiger partial charge in [-0.25, -0.2) is 0 Å². The molecular formula is C4H7Al2N3O2. The molecule has 0 saturated heterocycles. The second-order valence-corrected chi connectivity index (χ2v) is 3.45. The lowest BCUT2D eigenvalue weighted by Crippen LogP contribution is -2.20. The van der Waals surface area contributed by atoms with E-state index in [0.29, 0.717) is 26.9 Å². The maximum absolute atomic E-state index is 10.7. The molecule has 1 aromatic rings. The number of oxazole rings is 1. The summed E-state index contributed by atoms with van der Waals surface area (Å²) in [6.45, 7) is 0. The number of nitrogens with zero attached hydrogens (tertiary/aromatic N) is 1. The van der Waals surface area contributed by atoms with Crippen molar-refractivity contribution in [3.8, 4) is 0 Å². The molecule has 11 heavy (non-hydrogen) atoms. The van der Waals surface area contributed by atoms with Crippen LogP contribution in [0.1, 0.15) is 10.5 Å². The first-order chi connectivity index (χ1) is 5.15. The van der Waals surface area contributed by atoms with E-state index in [1.54, 1.807) is 0 Å². The van der Waals surface area contributed by atoms with E-state index in [4.69, 9.17) is 10.2 Å². The van der Waals surface area contributed by atoms with Crippen molar-refractivity contribution in [2.24, 2.45) is 5.73 Å². The van der Waals surface area contributed by atoms with Crippen LogP contribution in [0.2, 0.25) is 0 Å². The predicted octanol–water partition coefficient (Wildman–Crippen LogP) is -3.01. The monoisotopic (exact) mass is 183 g/mol. The SMILES string of the molecule is NC(=O)c1nc([NH][AlH2])o[c]1[AlH2]. The quantitative estimate of drug-likeness (QED) is 0.478. The largest absolute Gasteiger partial charge is 0.450 e. The molecule has 0 unspecified atom stereocenters. The van der Waals surface area contributed by atoms with Gasteiger partial charge in [0.15, 0.2) is 5.69 Å². The number of aromatic nitrogens is 1. The van der Waals surface area contributed by atoms with Crippen molar-refractivity contribution in [2.75, 3.05) is 4.30 Å². The number of primary amides is 1. The normalized spacial score (nSPS) is 9.45. The van der Waals surface area contributed by atoms with E-state index in [2.05, 4.69) is 9.28 Å². The fraction of sp³-hybridized carbons (Fsp3) is 0. The van der Waals surface area contributed by atoms with Crippen LogP contribution >= 0.6 is 0 Å². The fourth-order valence-electron chi connectivity index (χ4n) is 0.732. The summed E-state index contributed by atoms with van der Waals surface area (Å²) in [5, 5.41) is 0. The van der Waals surface area contributed by atoms with Crippen LogP contribution in [0.25, 0.3) is 0 Å². The van der Waals surface area contributed by atoms with Crippen LogP contribution in [0, 0.1) is 0 Å². The molecule has 0 aromatic carbocycles. The van der Waals surface area contributed by atoms with Crippen LogP contribution in [0.5, 0.6) is 0 Å². The highest BCUT2D eigenvalue weighted by Gasteiger charge is 2.11. The lowest BCUT2D eigenvalue weighted by molar-refractivity contribution is 0.0997. The van der Waals surface area contributed by atoms with Gasteiger partial charge in [-0.05, 0) is 0 Å². The Hall–Kier alpha value is -0.455. The molecule has 3 N–H and O–H groups in total. The number of anilines is 1. The van der Waals surface area contributed by atoms with Crippen LogP contribution in [0.4, 0.5) is 6.01 Å². The minimum Gasteiger partial charge on any atom is -0.450 e. The van der Waals surface area contributed by atoms with Gasteiger partial charge in [-0.2, -0.15) is 4.98 Å². The van der Waals surface area contributed by atoms with Crippen molar-refractivity contribution in [3.05, 3.63) is 5.69 Å². The molecule has 1 amide bonds. The number of carbonyl (C=O) groups is 1. The Morgan fingerprint density at radius 2 is 2.36 bits per heavy atom. The average Bonchev–Trinajstić information content (AvgIpc) is 2.30. The summed E-state index contributed by atoms with van der Waals surface area (Å²) in [5.41, 5.74) is 5.29. The van der Waals surface area contributed by atoms with Gasteiger partial charge in [0.1, 0.15) is 0 Å². The van der Waals surface area contributed by atoms with Crippen LogP contribution in [-0.4, -0.2) is 43.7 Å². The number of nitrogens with one attached hydrogen (secondary N) is 1. The highest BCUT2D eigenvalue weighted by Crippen LogP contribution is 2.01. The van der Waals surface area contributed by atoms with Gasteiger partial charge in [0.05, 0.1) is 0 Å². The van der Waals surface area contributed by atoms with Gasteiger partial charge in [-0.1, -0.05) is 0 Å². The number of hydrogen-bond donors (Lipinski definition) is 2. The molecule has 0 atom stereocenters. The third-order valence-corrected chi connectivity index (χ3v) is 2.35. The number of amides is 1. The average molecular weight is 183 g/mol.